The van der Waals surface area contributed by atoms with E-state index in [4.69, 9.17) is 4.52 Å². The molecule has 4 nitrogen and oxygen atoms in total. The van der Waals surface area contributed by atoms with E-state index in [2.05, 4.69) is 40.1 Å². The number of hydrogen-bond donors (Lipinski definition) is 0. The van der Waals surface area contributed by atoms with Crippen molar-refractivity contribution in [1.29, 1.82) is 0 Å². The number of aryl methyl sites for hydroxylation is 2. The van der Waals surface area contributed by atoms with Gasteiger partial charge < -0.3 is 9.42 Å². The molecule has 1 amide bonds. The number of carbonyl (C=O) groups is 1. The van der Waals surface area contributed by atoms with Crippen LogP contribution in [0, 0.1) is 6.92 Å². The molecule has 0 aliphatic carbocycles. The maximum absolute atomic E-state index is 12.9. The summed E-state index contributed by atoms with van der Waals surface area (Å²) in [7, 11) is 0. The molecule has 1 aliphatic heterocycles. The largest absolute Gasteiger partial charge is 0.356 e. The first-order valence-electron chi connectivity index (χ1n) is 8.06. The molecule has 122 valence electrons. The van der Waals surface area contributed by atoms with Crippen LogP contribution in [0.4, 0.5) is 5.69 Å². The smallest absolute Gasteiger partial charge is 0.233 e. The van der Waals surface area contributed by atoms with E-state index in [9.17, 15) is 4.79 Å². The Kier molecular flexibility index (Phi) is 3.88. The number of hydrogen-bond acceptors (Lipinski definition) is 3. The summed E-state index contributed by atoms with van der Waals surface area (Å²) in [6.07, 6.45) is 2.24. The van der Waals surface area contributed by atoms with Gasteiger partial charge in [0.15, 0.2) is 5.58 Å². The Labute approximate surface area is 148 Å². The van der Waals surface area contributed by atoms with Gasteiger partial charge in [-0.2, -0.15) is 0 Å². The third-order valence-electron chi connectivity index (χ3n) is 4.51. The van der Waals surface area contributed by atoms with E-state index >= 15 is 0 Å². The molecule has 5 heteroatoms. The van der Waals surface area contributed by atoms with Crippen LogP contribution in [0.1, 0.15) is 23.2 Å². The maximum Gasteiger partial charge on any atom is 0.233 e. The lowest BCUT2D eigenvalue weighted by Gasteiger charge is -2.31. The van der Waals surface area contributed by atoms with Crippen molar-refractivity contribution in [2.75, 3.05) is 11.4 Å². The van der Waals surface area contributed by atoms with Gasteiger partial charge in [-0.25, -0.2) is 0 Å². The minimum absolute atomic E-state index is 0.0698. The first kappa shape index (κ1) is 15.4. The summed E-state index contributed by atoms with van der Waals surface area (Å²) in [6, 6.07) is 11.8. The lowest BCUT2D eigenvalue weighted by atomic mass is 9.97. The van der Waals surface area contributed by atoms with Crippen LogP contribution in [-0.2, 0) is 17.6 Å². The minimum Gasteiger partial charge on any atom is -0.356 e. The number of halogens is 1. The van der Waals surface area contributed by atoms with Gasteiger partial charge in [0, 0.05) is 22.1 Å². The Hall–Kier alpha value is -2.14. The van der Waals surface area contributed by atoms with Crippen molar-refractivity contribution in [1.82, 2.24) is 5.16 Å². The summed E-state index contributed by atoms with van der Waals surface area (Å²) in [5, 5.41) is 5.01. The van der Waals surface area contributed by atoms with Gasteiger partial charge >= 0.3 is 0 Å². The molecule has 0 spiro atoms. The highest BCUT2D eigenvalue weighted by Gasteiger charge is 2.26. The van der Waals surface area contributed by atoms with Crippen molar-refractivity contribution in [3.05, 3.63) is 57.7 Å². The quantitative estimate of drug-likeness (QED) is 0.656. The number of nitrogens with zero attached hydrogens (tertiary/aromatic N) is 2. The Morgan fingerprint density at radius 1 is 1.33 bits per heavy atom. The number of carbonyl (C=O) groups excluding carboxylic acids is 1. The van der Waals surface area contributed by atoms with E-state index in [-0.39, 0.29) is 12.3 Å². The van der Waals surface area contributed by atoms with Gasteiger partial charge in [-0.1, -0.05) is 33.2 Å². The van der Waals surface area contributed by atoms with E-state index in [0.29, 0.717) is 5.69 Å². The van der Waals surface area contributed by atoms with Crippen molar-refractivity contribution in [3.63, 3.8) is 0 Å². The van der Waals surface area contributed by atoms with Crippen LogP contribution in [0.15, 0.2) is 45.4 Å². The van der Waals surface area contributed by atoms with Crippen molar-refractivity contribution in [2.24, 2.45) is 0 Å². The zero-order chi connectivity index (χ0) is 16.7. The fourth-order valence-corrected chi connectivity index (χ4v) is 4.09. The van der Waals surface area contributed by atoms with E-state index in [0.717, 1.165) is 46.1 Å². The average molecular weight is 385 g/mol. The predicted molar refractivity (Wildman–Crippen MR) is 97.3 cm³/mol. The van der Waals surface area contributed by atoms with Gasteiger partial charge in [-0.05, 0) is 55.2 Å². The molecule has 1 aliphatic rings. The van der Waals surface area contributed by atoms with Crippen molar-refractivity contribution in [2.45, 2.75) is 26.2 Å². The van der Waals surface area contributed by atoms with E-state index < -0.39 is 0 Å². The second-order valence-corrected chi connectivity index (χ2v) is 7.10. The monoisotopic (exact) mass is 384 g/mol. The topological polar surface area (TPSA) is 46.3 Å². The van der Waals surface area contributed by atoms with E-state index in [1.165, 1.54) is 5.56 Å². The molecule has 24 heavy (non-hydrogen) atoms. The van der Waals surface area contributed by atoms with E-state index in [1.807, 2.05) is 29.2 Å². The van der Waals surface area contributed by atoms with Gasteiger partial charge in [0.1, 0.15) is 5.69 Å². The predicted octanol–water partition coefficient (Wildman–Crippen LogP) is 4.42. The molecular formula is C19H17BrN2O2. The van der Waals surface area contributed by atoms with E-state index in [1.54, 1.807) is 0 Å². The van der Waals surface area contributed by atoms with Crippen LogP contribution in [0.5, 0.6) is 0 Å². The van der Waals surface area contributed by atoms with Crippen molar-refractivity contribution in [3.8, 4) is 0 Å². The molecule has 4 rings (SSSR count). The van der Waals surface area contributed by atoms with Gasteiger partial charge in [-0.3, -0.25) is 4.79 Å². The number of rotatable bonds is 2. The summed E-state index contributed by atoms with van der Waals surface area (Å²) in [4.78, 5) is 14.8. The molecule has 3 aromatic rings. The molecule has 1 aromatic heterocycles. The van der Waals surface area contributed by atoms with Crippen LogP contribution < -0.4 is 4.90 Å². The normalized spacial score (nSPS) is 14.0. The van der Waals surface area contributed by atoms with Crippen molar-refractivity contribution >= 4 is 38.5 Å². The number of para-hydroxylation sites is 1. The second-order valence-electron chi connectivity index (χ2n) is 6.18. The molecular weight excluding hydrogens is 368 g/mol. The third-order valence-corrected chi connectivity index (χ3v) is 4.97. The van der Waals surface area contributed by atoms with Crippen molar-refractivity contribution < 1.29 is 9.32 Å². The molecule has 0 atom stereocenters. The first-order valence-corrected chi connectivity index (χ1v) is 8.85. The zero-order valence-electron chi connectivity index (χ0n) is 13.4. The van der Waals surface area contributed by atoms with Crippen LogP contribution >= 0.6 is 15.9 Å². The summed E-state index contributed by atoms with van der Waals surface area (Å²) < 4.78 is 6.38. The fraction of sp³-hybridized carbons (Fsp3) is 0.263. The highest BCUT2D eigenvalue weighted by molar-refractivity contribution is 9.10. The molecule has 0 N–H and O–H groups in total. The molecule has 0 saturated heterocycles. The molecule has 0 unspecified atom stereocenters. The van der Waals surface area contributed by atoms with Crippen LogP contribution in [-0.4, -0.2) is 17.6 Å². The highest BCUT2D eigenvalue weighted by atomic mass is 79.9. The zero-order valence-corrected chi connectivity index (χ0v) is 15.0. The fourth-order valence-electron chi connectivity index (χ4n) is 3.47. The molecule has 0 saturated carbocycles. The molecule has 2 aromatic carbocycles. The summed E-state index contributed by atoms with van der Waals surface area (Å²) >= 11 is 3.55. The molecule has 0 fully saturated rings. The van der Waals surface area contributed by atoms with Gasteiger partial charge in [0.05, 0.1) is 6.42 Å². The number of amides is 1. The Bertz CT molecular complexity index is 932. The van der Waals surface area contributed by atoms with Gasteiger partial charge in [0.25, 0.3) is 0 Å². The second kappa shape index (κ2) is 6.06. The first-order chi connectivity index (χ1) is 11.6. The number of aromatic nitrogens is 1. The average Bonchev–Trinajstić information content (AvgIpc) is 2.97. The minimum atomic E-state index is 0.0698. The number of benzene rings is 2. The number of anilines is 1. The van der Waals surface area contributed by atoms with Gasteiger partial charge in [0.2, 0.25) is 5.91 Å². The molecule has 0 bridgehead atoms. The van der Waals surface area contributed by atoms with Crippen LogP contribution in [0.2, 0.25) is 0 Å². The lowest BCUT2D eigenvalue weighted by Crippen LogP contribution is -2.37. The summed E-state index contributed by atoms with van der Waals surface area (Å²) in [5.74, 6) is 0.0698. The highest BCUT2D eigenvalue weighted by Crippen LogP contribution is 2.34. The SMILES string of the molecule is Cc1cc(Br)cc2c1N(C(=O)Cc1noc3ccccc13)CCC2. The standard InChI is InChI=1S/C19H17BrN2O2/c1-12-9-14(20)10-13-5-4-8-22(19(12)13)18(23)11-16-15-6-2-3-7-17(15)24-21-16/h2-3,6-7,9-10H,4-5,8,11H2,1H3. The lowest BCUT2D eigenvalue weighted by molar-refractivity contribution is -0.118. The summed E-state index contributed by atoms with van der Waals surface area (Å²) in [6.45, 7) is 2.81. The Morgan fingerprint density at radius 2 is 2.17 bits per heavy atom. The van der Waals surface area contributed by atoms with Crippen LogP contribution in [0.25, 0.3) is 11.0 Å². The maximum atomic E-state index is 12.9. The van der Waals surface area contributed by atoms with Gasteiger partial charge in [-0.15, -0.1) is 0 Å². The van der Waals surface area contributed by atoms with Crippen LogP contribution in [0.3, 0.4) is 0 Å². The Morgan fingerprint density at radius 3 is 3.04 bits per heavy atom. The molecule has 2 heterocycles. The third kappa shape index (κ3) is 2.63. The summed E-state index contributed by atoms with van der Waals surface area (Å²) in [5.41, 5.74) is 4.84. The Balaban J connectivity index is 1.67. The number of fused-ring (bicyclic) bond motifs is 2. The molecule has 0 radical (unpaired) electrons.